The Kier molecular flexibility index (Phi) is 8.25. The van der Waals surface area contributed by atoms with Gasteiger partial charge in [0.15, 0.2) is 0 Å². The molecule has 0 aromatic heterocycles. The van der Waals surface area contributed by atoms with E-state index < -0.39 is 11.8 Å². The zero-order chi connectivity index (χ0) is 22.9. The summed E-state index contributed by atoms with van der Waals surface area (Å²) in [5.41, 5.74) is 4.52. The van der Waals surface area contributed by atoms with Crippen LogP contribution >= 0.6 is 23.2 Å². The second-order valence-corrected chi connectivity index (χ2v) is 7.71. The maximum atomic E-state index is 12.1. The van der Waals surface area contributed by atoms with Crippen LogP contribution in [0.25, 0.3) is 0 Å². The number of carbonyl (C=O) groups excluding carboxylic acids is 2. The zero-order valence-corrected chi connectivity index (χ0v) is 18.7. The lowest BCUT2D eigenvalue weighted by Crippen LogP contribution is -2.39. The zero-order valence-electron chi connectivity index (χ0n) is 17.2. The molecule has 0 saturated heterocycles. The van der Waals surface area contributed by atoms with Crippen molar-refractivity contribution in [2.45, 2.75) is 19.6 Å². The first-order valence-electron chi connectivity index (χ1n) is 9.78. The van der Waals surface area contributed by atoms with E-state index in [9.17, 15) is 9.59 Å². The van der Waals surface area contributed by atoms with Crippen molar-refractivity contribution in [1.82, 2.24) is 10.7 Å². The van der Waals surface area contributed by atoms with Crippen LogP contribution in [-0.4, -0.2) is 18.0 Å². The second kappa shape index (κ2) is 11.3. The standard InChI is InChI=1S/C24H21Cl2N3O3/c1-16(17-7-3-2-4-8-17)28-23(30)24(31)29-27-14-18-9-5-6-10-22(18)32-15-19-11-12-20(25)13-21(19)26/h2-14,16H,15H2,1H3,(H,28,30)(H,29,31)/b27-14-/t16-/m1/s1. The number of para-hydroxylation sites is 1. The van der Waals surface area contributed by atoms with Gasteiger partial charge in [-0.1, -0.05) is 71.7 Å². The van der Waals surface area contributed by atoms with Crippen LogP contribution in [0.2, 0.25) is 10.0 Å². The number of hydrazone groups is 1. The van der Waals surface area contributed by atoms with Gasteiger partial charge in [-0.05, 0) is 36.8 Å². The van der Waals surface area contributed by atoms with Gasteiger partial charge in [0, 0.05) is 21.2 Å². The van der Waals surface area contributed by atoms with E-state index in [1.807, 2.05) is 36.4 Å². The van der Waals surface area contributed by atoms with Crippen molar-refractivity contribution in [3.63, 3.8) is 0 Å². The molecule has 2 amide bonds. The molecule has 0 unspecified atom stereocenters. The molecular formula is C24H21Cl2N3O3. The Bertz CT molecular complexity index is 1120. The number of halogens is 2. The lowest BCUT2D eigenvalue weighted by atomic mass is 10.1. The van der Waals surface area contributed by atoms with Gasteiger partial charge in [-0.25, -0.2) is 5.43 Å². The van der Waals surface area contributed by atoms with Crippen molar-refractivity contribution >= 4 is 41.2 Å². The maximum Gasteiger partial charge on any atom is 0.329 e. The molecule has 0 radical (unpaired) electrons. The van der Waals surface area contributed by atoms with E-state index in [2.05, 4.69) is 15.8 Å². The number of hydrogen-bond acceptors (Lipinski definition) is 4. The lowest BCUT2D eigenvalue weighted by molar-refractivity contribution is -0.139. The molecular weight excluding hydrogens is 449 g/mol. The van der Waals surface area contributed by atoms with Gasteiger partial charge in [-0.15, -0.1) is 0 Å². The number of nitrogens with one attached hydrogen (secondary N) is 2. The third-order valence-corrected chi connectivity index (χ3v) is 5.13. The molecule has 2 N–H and O–H groups in total. The minimum atomic E-state index is -0.865. The summed E-state index contributed by atoms with van der Waals surface area (Å²) in [4.78, 5) is 24.2. The van der Waals surface area contributed by atoms with Gasteiger partial charge in [-0.2, -0.15) is 5.10 Å². The molecule has 6 nitrogen and oxygen atoms in total. The van der Waals surface area contributed by atoms with Gasteiger partial charge in [-0.3, -0.25) is 9.59 Å². The van der Waals surface area contributed by atoms with Gasteiger partial charge < -0.3 is 10.1 Å². The highest BCUT2D eigenvalue weighted by Gasteiger charge is 2.16. The molecule has 1 atom stereocenters. The summed E-state index contributed by atoms with van der Waals surface area (Å²) in [6.45, 7) is 2.03. The molecule has 0 aliphatic rings. The quantitative estimate of drug-likeness (QED) is 0.293. The summed E-state index contributed by atoms with van der Waals surface area (Å²) in [6, 6.07) is 21.4. The van der Waals surface area contributed by atoms with Crippen molar-refractivity contribution in [3.8, 4) is 5.75 Å². The molecule has 32 heavy (non-hydrogen) atoms. The second-order valence-electron chi connectivity index (χ2n) is 6.87. The van der Waals surface area contributed by atoms with E-state index in [-0.39, 0.29) is 12.6 Å². The summed E-state index contributed by atoms with van der Waals surface area (Å²) in [7, 11) is 0. The summed E-state index contributed by atoms with van der Waals surface area (Å²) < 4.78 is 5.84. The molecule has 0 heterocycles. The first kappa shape index (κ1) is 23.3. The van der Waals surface area contributed by atoms with E-state index in [1.54, 1.807) is 43.3 Å². The van der Waals surface area contributed by atoms with Crippen LogP contribution in [0, 0.1) is 0 Å². The molecule has 0 spiro atoms. The lowest BCUT2D eigenvalue weighted by Gasteiger charge is -2.13. The van der Waals surface area contributed by atoms with Crippen LogP contribution in [0.5, 0.6) is 5.75 Å². The Hall–Kier alpha value is -3.35. The van der Waals surface area contributed by atoms with Crippen LogP contribution in [0.15, 0.2) is 77.9 Å². The number of rotatable bonds is 7. The highest BCUT2D eigenvalue weighted by molar-refractivity contribution is 6.35. The third-order valence-electron chi connectivity index (χ3n) is 4.54. The molecule has 164 valence electrons. The largest absolute Gasteiger partial charge is 0.488 e. The minimum Gasteiger partial charge on any atom is -0.488 e. The van der Waals surface area contributed by atoms with E-state index in [0.29, 0.717) is 21.4 Å². The molecule has 3 aromatic carbocycles. The number of ether oxygens (including phenoxy) is 1. The van der Waals surface area contributed by atoms with Crippen LogP contribution in [-0.2, 0) is 16.2 Å². The predicted molar refractivity (Wildman–Crippen MR) is 126 cm³/mol. The molecule has 3 aromatic rings. The van der Waals surface area contributed by atoms with Crippen molar-refractivity contribution in [2.75, 3.05) is 0 Å². The summed E-state index contributed by atoms with van der Waals surface area (Å²) in [5, 5.41) is 7.56. The van der Waals surface area contributed by atoms with Crippen LogP contribution < -0.4 is 15.5 Å². The van der Waals surface area contributed by atoms with Gasteiger partial charge in [0.05, 0.1) is 12.3 Å². The first-order valence-corrected chi connectivity index (χ1v) is 10.5. The summed E-state index contributed by atoms with van der Waals surface area (Å²) >= 11 is 12.1. The van der Waals surface area contributed by atoms with Crippen molar-refractivity contribution in [2.24, 2.45) is 5.10 Å². The molecule has 0 fully saturated rings. The molecule has 0 aliphatic carbocycles. The molecule has 0 bridgehead atoms. The Morgan fingerprint density at radius 3 is 2.47 bits per heavy atom. The highest BCUT2D eigenvalue weighted by Crippen LogP contribution is 2.24. The van der Waals surface area contributed by atoms with E-state index in [4.69, 9.17) is 27.9 Å². The van der Waals surface area contributed by atoms with Gasteiger partial charge in [0.25, 0.3) is 0 Å². The molecule has 0 aliphatic heterocycles. The van der Waals surface area contributed by atoms with E-state index in [1.165, 1.54) is 6.21 Å². The summed E-state index contributed by atoms with van der Waals surface area (Å²) in [5.74, 6) is -1.10. The monoisotopic (exact) mass is 469 g/mol. The molecule has 8 heteroatoms. The van der Waals surface area contributed by atoms with Crippen molar-refractivity contribution < 1.29 is 14.3 Å². The fourth-order valence-corrected chi connectivity index (χ4v) is 3.27. The minimum absolute atomic E-state index is 0.229. The predicted octanol–water partition coefficient (Wildman–Crippen LogP) is 4.90. The average Bonchev–Trinajstić information content (AvgIpc) is 2.79. The van der Waals surface area contributed by atoms with E-state index >= 15 is 0 Å². The van der Waals surface area contributed by atoms with E-state index in [0.717, 1.165) is 11.1 Å². The van der Waals surface area contributed by atoms with Crippen molar-refractivity contribution in [3.05, 3.63) is 99.5 Å². The van der Waals surface area contributed by atoms with Gasteiger partial charge in [0.2, 0.25) is 0 Å². The van der Waals surface area contributed by atoms with Gasteiger partial charge >= 0.3 is 11.8 Å². The number of hydrogen-bond donors (Lipinski definition) is 2. The number of amides is 2. The number of benzene rings is 3. The molecule has 0 saturated carbocycles. The number of carbonyl (C=O) groups is 2. The topological polar surface area (TPSA) is 79.8 Å². The van der Waals surface area contributed by atoms with Crippen molar-refractivity contribution in [1.29, 1.82) is 0 Å². The fourth-order valence-electron chi connectivity index (χ4n) is 2.81. The average molecular weight is 470 g/mol. The number of nitrogens with zero attached hydrogens (tertiary/aromatic N) is 1. The van der Waals surface area contributed by atoms with Crippen LogP contribution in [0.1, 0.15) is 29.7 Å². The Balaban J connectivity index is 1.57. The highest BCUT2D eigenvalue weighted by atomic mass is 35.5. The Morgan fingerprint density at radius 1 is 1.00 bits per heavy atom. The Morgan fingerprint density at radius 2 is 1.72 bits per heavy atom. The van der Waals surface area contributed by atoms with Crippen LogP contribution in [0.3, 0.4) is 0 Å². The Labute approximate surface area is 196 Å². The van der Waals surface area contributed by atoms with Gasteiger partial charge in [0.1, 0.15) is 12.4 Å². The third kappa shape index (κ3) is 6.57. The normalized spacial score (nSPS) is 11.7. The first-order chi connectivity index (χ1) is 15.4. The summed E-state index contributed by atoms with van der Waals surface area (Å²) in [6.07, 6.45) is 1.41. The smallest absolute Gasteiger partial charge is 0.329 e. The fraction of sp³-hybridized carbons (Fsp3) is 0.125. The SMILES string of the molecule is C[C@@H](NC(=O)C(=O)N/N=C\c1ccccc1OCc1ccc(Cl)cc1Cl)c1ccccc1. The maximum absolute atomic E-state index is 12.1. The molecule has 3 rings (SSSR count). The van der Waals surface area contributed by atoms with Crippen LogP contribution in [0.4, 0.5) is 0 Å².